The molecule has 0 aromatic heterocycles. The lowest BCUT2D eigenvalue weighted by Gasteiger charge is -2.20. The molecule has 6 heteroatoms. The molecule has 2 unspecified atom stereocenters. The van der Waals surface area contributed by atoms with Crippen molar-refractivity contribution in [3.63, 3.8) is 0 Å². The molecule has 0 aliphatic heterocycles. The molecule has 3 N–H and O–H groups in total. The number of carbonyl (C=O) groups excluding carboxylic acids is 2. The van der Waals surface area contributed by atoms with Gasteiger partial charge < -0.3 is 20.3 Å². The summed E-state index contributed by atoms with van der Waals surface area (Å²) >= 11 is 0. The summed E-state index contributed by atoms with van der Waals surface area (Å²) in [6.07, 6.45) is 69.2. The molecule has 0 saturated heterocycles. The molecule has 0 saturated carbocycles. The van der Waals surface area contributed by atoms with Crippen LogP contribution in [0.15, 0.2) is 24.3 Å². The Hall–Kier alpha value is -1.66. The average molecular weight is 945 g/mol. The van der Waals surface area contributed by atoms with Crippen LogP contribution in [0.3, 0.4) is 0 Å². The maximum atomic E-state index is 12.5. The SMILES string of the molecule is CCCCCCCCCCCCCCCCC/C=C/C(O)C(CO)NC(=O)CCCCCCCCC/C=C\CCCCCCCCCCOC(=O)CCCCCCCCCCCCCCCC. The first-order chi connectivity index (χ1) is 33.0. The largest absolute Gasteiger partial charge is 0.466 e. The van der Waals surface area contributed by atoms with Crippen molar-refractivity contribution in [2.24, 2.45) is 0 Å². The number of nitrogens with one attached hydrogen (secondary N) is 1. The molecule has 1 amide bonds. The number of esters is 1. The van der Waals surface area contributed by atoms with Gasteiger partial charge in [0, 0.05) is 12.8 Å². The number of aliphatic hydroxyl groups excluding tert-OH is 2. The van der Waals surface area contributed by atoms with E-state index >= 15 is 0 Å². The molecule has 0 aromatic carbocycles. The standard InChI is InChI=1S/C61H117NO5/c1-3-5-7-9-11-13-15-17-19-23-26-29-33-37-41-45-49-53-59(64)58(57-63)62-60(65)54-50-46-42-38-34-30-27-24-21-20-22-25-28-32-36-40-44-48-52-56-67-61(66)55-51-47-43-39-35-31-18-16-14-12-10-8-6-4-2/h20-21,49,53,58-59,63-64H,3-19,22-48,50-52,54-57H2,1-2H3,(H,62,65)/b21-20-,53-49+. The van der Waals surface area contributed by atoms with Crippen molar-refractivity contribution in [1.82, 2.24) is 5.32 Å². The van der Waals surface area contributed by atoms with Crippen LogP contribution in [0, 0.1) is 0 Å². The Labute approximate surface area is 418 Å². The van der Waals surface area contributed by atoms with Crippen LogP contribution in [0.1, 0.15) is 328 Å². The highest BCUT2D eigenvalue weighted by atomic mass is 16.5. The van der Waals surface area contributed by atoms with E-state index in [4.69, 9.17) is 4.74 Å². The fourth-order valence-corrected chi connectivity index (χ4v) is 9.34. The maximum absolute atomic E-state index is 12.5. The quantitative estimate of drug-likeness (QED) is 0.0321. The highest BCUT2D eigenvalue weighted by molar-refractivity contribution is 5.76. The van der Waals surface area contributed by atoms with Gasteiger partial charge in [0.05, 0.1) is 25.4 Å². The topological polar surface area (TPSA) is 95.9 Å². The van der Waals surface area contributed by atoms with Gasteiger partial charge in [0.1, 0.15) is 0 Å². The van der Waals surface area contributed by atoms with Gasteiger partial charge in [-0.2, -0.15) is 0 Å². The summed E-state index contributed by atoms with van der Waals surface area (Å²) in [5.41, 5.74) is 0. The molecule has 0 aliphatic carbocycles. The van der Waals surface area contributed by atoms with Gasteiger partial charge >= 0.3 is 5.97 Å². The summed E-state index contributed by atoms with van der Waals surface area (Å²) in [6, 6.07) is -0.635. The summed E-state index contributed by atoms with van der Waals surface area (Å²) in [4.78, 5) is 24.5. The minimum absolute atomic E-state index is 0.00572. The van der Waals surface area contributed by atoms with Gasteiger partial charge in [-0.05, 0) is 57.8 Å². The van der Waals surface area contributed by atoms with Crippen molar-refractivity contribution in [3.05, 3.63) is 24.3 Å². The Balaban J connectivity index is 3.46. The van der Waals surface area contributed by atoms with E-state index in [1.165, 1.54) is 250 Å². The van der Waals surface area contributed by atoms with Crippen LogP contribution < -0.4 is 5.32 Å². The molecular formula is C61H117NO5. The van der Waals surface area contributed by atoms with Gasteiger partial charge in [0.25, 0.3) is 0 Å². The Morgan fingerprint density at radius 1 is 0.403 bits per heavy atom. The second-order valence-corrected chi connectivity index (χ2v) is 20.7. The molecule has 0 radical (unpaired) electrons. The lowest BCUT2D eigenvalue weighted by Crippen LogP contribution is -2.45. The summed E-state index contributed by atoms with van der Waals surface area (Å²) in [6.45, 7) is 4.91. The second kappa shape index (κ2) is 56.9. The molecule has 6 nitrogen and oxygen atoms in total. The number of rotatable bonds is 56. The van der Waals surface area contributed by atoms with Crippen molar-refractivity contribution in [3.8, 4) is 0 Å². The number of unbranched alkanes of at least 4 members (excludes halogenated alkanes) is 43. The predicted octanol–water partition coefficient (Wildman–Crippen LogP) is 18.6. The molecule has 0 spiro atoms. The van der Waals surface area contributed by atoms with Crippen LogP contribution in [0.5, 0.6) is 0 Å². The molecular weight excluding hydrogens is 827 g/mol. The number of hydrogen-bond donors (Lipinski definition) is 3. The van der Waals surface area contributed by atoms with Crippen LogP contribution in [0.4, 0.5) is 0 Å². The van der Waals surface area contributed by atoms with Crippen LogP contribution in [0.25, 0.3) is 0 Å². The molecule has 396 valence electrons. The van der Waals surface area contributed by atoms with Crippen molar-refractivity contribution in [2.75, 3.05) is 13.2 Å². The zero-order chi connectivity index (χ0) is 48.6. The lowest BCUT2D eigenvalue weighted by atomic mass is 10.0. The molecule has 0 aromatic rings. The Morgan fingerprint density at radius 3 is 1.06 bits per heavy atom. The second-order valence-electron chi connectivity index (χ2n) is 20.7. The number of amides is 1. The van der Waals surface area contributed by atoms with E-state index in [2.05, 4.69) is 31.3 Å². The van der Waals surface area contributed by atoms with Gasteiger partial charge in [-0.15, -0.1) is 0 Å². The van der Waals surface area contributed by atoms with E-state index < -0.39 is 12.1 Å². The third-order valence-corrected chi connectivity index (χ3v) is 14.0. The number of aliphatic hydroxyl groups is 2. The van der Waals surface area contributed by atoms with Crippen molar-refractivity contribution in [1.29, 1.82) is 0 Å². The van der Waals surface area contributed by atoms with E-state index in [0.717, 1.165) is 51.4 Å². The third-order valence-electron chi connectivity index (χ3n) is 14.0. The molecule has 0 heterocycles. The smallest absolute Gasteiger partial charge is 0.305 e. The number of ether oxygens (including phenoxy) is 1. The van der Waals surface area contributed by atoms with E-state index in [0.29, 0.717) is 19.4 Å². The van der Waals surface area contributed by atoms with Crippen LogP contribution in [0.2, 0.25) is 0 Å². The van der Waals surface area contributed by atoms with E-state index in [9.17, 15) is 19.8 Å². The van der Waals surface area contributed by atoms with E-state index in [-0.39, 0.29) is 18.5 Å². The van der Waals surface area contributed by atoms with Gasteiger partial charge in [0.15, 0.2) is 0 Å². The predicted molar refractivity (Wildman–Crippen MR) is 292 cm³/mol. The average Bonchev–Trinajstić information content (AvgIpc) is 3.33. The zero-order valence-electron chi connectivity index (χ0n) is 45.1. The van der Waals surface area contributed by atoms with Crippen LogP contribution in [-0.2, 0) is 14.3 Å². The summed E-state index contributed by atoms with van der Waals surface area (Å²) in [7, 11) is 0. The third kappa shape index (κ3) is 53.5. The minimum Gasteiger partial charge on any atom is -0.466 e. The maximum Gasteiger partial charge on any atom is 0.305 e. The van der Waals surface area contributed by atoms with E-state index in [1.807, 2.05) is 6.08 Å². The molecule has 0 fully saturated rings. The lowest BCUT2D eigenvalue weighted by molar-refractivity contribution is -0.143. The summed E-state index contributed by atoms with van der Waals surface area (Å²) in [5.74, 6) is -0.0698. The summed E-state index contributed by atoms with van der Waals surface area (Å²) in [5, 5.41) is 23.1. The summed E-state index contributed by atoms with van der Waals surface area (Å²) < 4.78 is 5.48. The highest BCUT2D eigenvalue weighted by Crippen LogP contribution is 2.17. The van der Waals surface area contributed by atoms with Crippen LogP contribution in [-0.4, -0.2) is 47.4 Å². The molecule has 67 heavy (non-hydrogen) atoms. The van der Waals surface area contributed by atoms with Gasteiger partial charge in [-0.1, -0.05) is 282 Å². The van der Waals surface area contributed by atoms with Crippen LogP contribution >= 0.6 is 0 Å². The van der Waals surface area contributed by atoms with Gasteiger partial charge in [-0.25, -0.2) is 0 Å². The molecule has 2 atom stereocenters. The minimum atomic E-state index is -0.850. The van der Waals surface area contributed by atoms with Crippen molar-refractivity contribution in [2.45, 2.75) is 341 Å². The van der Waals surface area contributed by atoms with Gasteiger partial charge in [0.2, 0.25) is 5.91 Å². The Morgan fingerprint density at radius 2 is 0.701 bits per heavy atom. The number of allylic oxidation sites excluding steroid dienone is 3. The molecule has 0 bridgehead atoms. The Bertz CT molecular complexity index is 1040. The molecule has 0 aliphatic rings. The van der Waals surface area contributed by atoms with Crippen molar-refractivity contribution < 1.29 is 24.5 Å². The first-order valence-electron chi connectivity index (χ1n) is 30.1. The zero-order valence-corrected chi connectivity index (χ0v) is 45.1. The number of carbonyl (C=O) groups is 2. The van der Waals surface area contributed by atoms with Gasteiger partial charge in [-0.3, -0.25) is 9.59 Å². The van der Waals surface area contributed by atoms with E-state index in [1.54, 1.807) is 6.08 Å². The fraction of sp³-hybridized carbons (Fsp3) is 0.902. The normalized spacial score (nSPS) is 12.7. The Kier molecular flexibility index (Phi) is 55.5. The fourth-order valence-electron chi connectivity index (χ4n) is 9.34. The molecule has 0 rings (SSSR count). The monoisotopic (exact) mass is 944 g/mol. The van der Waals surface area contributed by atoms with Crippen molar-refractivity contribution >= 4 is 11.9 Å². The highest BCUT2D eigenvalue weighted by Gasteiger charge is 2.18. The first kappa shape index (κ1) is 65.3. The number of hydrogen-bond acceptors (Lipinski definition) is 5. The first-order valence-corrected chi connectivity index (χ1v) is 30.1.